The van der Waals surface area contributed by atoms with Crippen molar-refractivity contribution in [1.82, 2.24) is 30.2 Å². The number of thiazole rings is 1. The van der Waals surface area contributed by atoms with Gasteiger partial charge in [-0.2, -0.15) is 0 Å². The second-order valence-corrected chi connectivity index (χ2v) is 6.45. The minimum Gasteiger partial charge on any atom is -0.254 e. The second kappa shape index (κ2) is 6.31. The van der Waals surface area contributed by atoms with Crippen molar-refractivity contribution in [2.45, 2.75) is 30.8 Å². The van der Waals surface area contributed by atoms with Crippen molar-refractivity contribution >= 4 is 23.1 Å². The molecule has 0 radical (unpaired) electrons. The number of pyridine rings is 1. The molecule has 3 rings (SSSR count). The number of aromatic nitrogens is 6. The van der Waals surface area contributed by atoms with Crippen LogP contribution in [0.5, 0.6) is 0 Å². The van der Waals surface area contributed by atoms with Crippen LogP contribution in [0.25, 0.3) is 10.7 Å². The summed E-state index contributed by atoms with van der Waals surface area (Å²) >= 11 is 3.20. The van der Waals surface area contributed by atoms with E-state index in [9.17, 15) is 0 Å². The lowest BCUT2D eigenvalue weighted by Gasteiger charge is -2.05. The van der Waals surface area contributed by atoms with Gasteiger partial charge in [0.25, 0.3) is 0 Å². The molecule has 0 aliphatic carbocycles. The van der Waals surface area contributed by atoms with Crippen LogP contribution in [0, 0.1) is 0 Å². The van der Waals surface area contributed by atoms with Crippen LogP contribution < -0.4 is 0 Å². The van der Waals surface area contributed by atoms with Crippen molar-refractivity contribution in [2.75, 3.05) is 0 Å². The smallest absolute Gasteiger partial charge is 0.209 e. The van der Waals surface area contributed by atoms with Crippen LogP contribution in [0.1, 0.15) is 25.6 Å². The fraction of sp³-hybridized carbons (Fsp3) is 0.308. The van der Waals surface area contributed by atoms with Crippen LogP contribution in [-0.2, 0) is 5.75 Å². The highest BCUT2D eigenvalue weighted by Gasteiger charge is 2.11. The second-order valence-electron chi connectivity index (χ2n) is 4.65. The van der Waals surface area contributed by atoms with Gasteiger partial charge in [0.15, 0.2) is 0 Å². The average Bonchev–Trinajstić information content (AvgIpc) is 3.15. The van der Waals surface area contributed by atoms with Crippen LogP contribution in [0.15, 0.2) is 34.9 Å². The molecule has 0 saturated carbocycles. The Balaban J connectivity index is 1.69. The van der Waals surface area contributed by atoms with Gasteiger partial charge < -0.3 is 0 Å². The number of thioether (sulfide) groups is 1. The fourth-order valence-corrected chi connectivity index (χ4v) is 3.52. The van der Waals surface area contributed by atoms with Crippen molar-refractivity contribution < 1.29 is 0 Å². The Morgan fingerprint density at radius 2 is 2.24 bits per heavy atom. The van der Waals surface area contributed by atoms with Crippen LogP contribution in [-0.4, -0.2) is 30.2 Å². The molecule has 6 nitrogen and oxygen atoms in total. The van der Waals surface area contributed by atoms with Crippen molar-refractivity contribution in [3.8, 4) is 10.7 Å². The first-order valence-corrected chi connectivity index (χ1v) is 8.37. The maximum Gasteiger partial charge on any atom is 0.209 e. The molecule has 3 aromatic rings. The Morgan fingerprint density at radius 3 is 3.00 bits per heavy atom. The van der Waals surface area contributed by atoms with Gasteiger partial charge in [-0.05, 0) is 36.4 Å². The lowest BCUT2D eigenvalue weighted by Crippen LogP contribution is -2.04. The molecule has 0 fully saturated rings. The molecule has 0 spiro atoms. The molecule has 0 amide bonds. The van der Waals surface area contributed by atoms with Gasteiger partial charge in [-0.25, -0.2) is 9.67 Å². The molecule has 0 unspecified atom stereocenters. The average molecular weight is 318 g/mol. The third-order valence-electron chi connectivity index (χ3n) is 2.74. The Hall–Kier alpha value is -1.80. The maximum absolute atomic E-state index is 4.61. The van der Waals surface area contributed by atoms with Crippen molar-refractivity contribution in [3.05, 3.63) is 35.5 Å². The van der Waals surface area contributed by atoms with Gasteiger partial charge >= 0.3 is 0 Å². The molecule has 0 aromatic carbocycles. The highest BCUT2D eigenvalue weighted by Crippen LogP contribution is 2.26. The Kier molecular flexibility index (Phi) is 4.26. The number of hydrogen-bond acceptors (Lipinski definition) is 7. The molecular formula is C13H14N6S2. The summed E-state index contributed by atoms with van der Waals surface area (Å²) in [5, 5.41) is 15.6. The van der Waals surface area contributed by atoms with E-state index in [1.165, 1.54) is 0 Å². The third kappa shape index (κ3) is 3.27. The van der Waals surface area contributed by atoms with Gasteiger partial charge in [-0.15, -0.1) is 16.4 Å². The molecule has 0 aliphatic heterocycles. The summed E-state index contributed by atoms with van der Waals surface area (Å²) < 4.78 is 1.82. The molecule has 3 aromatic heterocycles. The lowest BCUT2D eigenvalue weighted by molar-refractivity contribution is 0.477. The Morgan fingerprint density at radius 1 is 1.33 bits per heavy atom. The number of nitrogens with zero attached hydrogens (tertiary/aromatic N) is 6. The van der Waals surface area contributed by atoms with Crippen LogP contribution in [0.3, 0.4) is 0 Å². The quantitative estimate of drug-likeness (QED) is 0.673. The molecule has 0 bridgehead atoms. The van der Waals surface area contributed by atoms with Crippen LogP contribution in [0.4, 0.5) is 0 Å². The first-order valence-electron chi connectivity index (χ1n) is 6.50. The summed E-state index contributed by atoms with van der Waals surface area (Å²) in [4.78, 5) is 8.93. The molecule has 108 valence electrons. The predicted octanol–water partition coefficient (Wildman–Crippen LogP) is 3.06. The van der Waals surface area contributed by atoms with Gasteiger partial charge in [-0.1, -0.05) is 17.8 Å². The monoisotopic (exact) mass is 318 g/mol. The standard InChI is InChI=1S/C13H14N6S2/c1-9(2)19-13(16-17-18-19)21-8-10-7-20-12(15-10)11-5-3-4-6-14-11/h3-7,9H,8H2,1-2H3. The molecule has 8 heteroatoms. The minimum absolute atomic E-state index is 0.252. The number of tetrazole rings is 1. The molecule has 0 saturated heterocycles. The van der Waals surface area contributed by atoms with Gasteiger partial charge in [0.1, 0.15) is 5.01 Å². The van der Waals surface area contributed by atoms with Gasteiger partial charge in [-0.3, -0.25) is 4.98 Å². The van der Waals surface area contributed by atoms with Crippen molar-refractivity contribution in [2.24, 2.45) is 0 Å². The number of hydrogen-bond donors (Lipinski definition) is 0. The Labute approximate surface area is 130 Å². The van der Waals surface area contributed by atoms with Crippen molar-refractivity contribution in [3.63, 3.8) is 0 Å². The summed E-state index contributed by atoms with van der Waals surface area (Å²) in [6.45, 7) is 4.12. The van der Waals surface area contributed by atoms with E-state index in [1.807, 2.05) is 22.9 Å². The zero-order valence-electron chi connectivity index (χ0n) is 11.7. The highest BCUT2D eigenvalue weighted by atomic mass is 32.2. The minimum atomic E-state index is 0.252. The normalized spacial score (nSPS) is 11.2. The Bertz CT molecular complexity index is 706. The molecule has 0 N–H and O–H groups in total. The van der Waals surface area contributed by atoms with E-state index in [4.69, 9.17) is 0 Å². The third-order valence-corrected chi connectivity index (χ3v) is 4.62. The van der Waals surface area contributed by atoms with Gasteiger partial charge in [0.2, 0.25) is 5.16 Å². The van der Waals surface area contributed by atoms with Gasteiger partial charge in [0.05, 0.1) is 17.4 Å². The van der Waals surface area contributed by atoms with Crippen LogP contribution in [0.2, 0.25) is 0 Å². The maximum atomic E-state index is 4.61. The van der Waals surface area contributed by atoms with Gasteiger partial charge in [0, 0.05) is 17.3 Å². The first-order chi connectivity index (χ1) is 10.2. The van der Waals surface area contributed by atoms with E-state index in [1.54, 1.807) is 29.3 Å². The van der Waals surface area contributed by atoms with E-state index >= 15 is 0 Å². The van der Waals surface area contributed by atoms with E-state index in [0.717, 1.165) is 27.3 Å². The van der Waals surface area contributed by atoms with Crippen LogP contribution >= 0.6 is 23.1 Å². The highest BCUT2D eigenvalue weighted by molar-refractivity contribution is 7.98. The molecule has 3 heterocycles. The molecule has 0 aliphatic rings. The summed E-state index contributed by atoms with van der Waals surface area (Å²) in [6.07, 6.45) is 1.78. The molecule has 21 heavy (non-hydrogen) atoms. The summed E-state index contributed by atoms with van der Waals surface area (Å²) in [7, 11) is 0. The summed E-state index contributed by atoms with van der Waals surface area (Å²) in [6, 6.07) is 6.09. The zero-order chi connectivity index (χ0) is 14.7. The topological polar surface area (TPSA) is 69.4 Å². The molecular weight excluding hydrogens is 304 g/mol. The zero-order valence-corrected chi connectivity index (χ0v) is 13.3. The summed E-state index contributed by atoms with van der Waals surface area (Å²) in [5.41, 5.74) is 1.93. The fourth-order valence-electron chi connectivity index (χ4n) is 1.72. The lowest BCUT2D eigenvalue weighted by atomic mass is 10.4. The first kappa shape index (κ1) is 14.2. The van der Waals surface area contributed by atoms with E-state index in [2.05, 4.69) is 44.7 Å². The number of rotatable bonds is 5. The van der Waals surface area contributed by atoms with E-state index in [-0.39, 0.29) is 6.04 Å². The van der Waals surface area contributed by atoms with E-state index in [0.29, 0.717) is 0 Å². The van der Waals surface area contributed by atoms with Crippen molar-refractivity contribution in [1.29, 1.82) is 0 Å². The largest absolute Gasteiger partial charge is 0.254 e. The summed E-state index contributed by atoms with van der Waals surface area (Å²) in [5.74, 6) is 0.746. The van der Waals surface area contributed by atoms with E-state index < -0.39 is 0 Å². The predicted molar refractivity (Wildman–Crippen MR) is 83.1 cm³/mol. The molecule has 0 atom stereocenters. The SMILES string of the molecule is CC(C)n1nnnc1SCc1csc(-c2ccccn2)n1.